The minimum Gasteiger partial charge on any atom is -0.484 e. The molecule has 7 heteroatoms. The van der Waals surface area contributed by atoms with Gasteiger partial charge in [-0.3, -0.25) is 9.10 Å². The number of sulfonamides is 1. The lowest BCUT2D eigenvalue weighted by Gasteiger charge is -2.20. The van der Waals surface area contributed by atoms with Crippen molar-refractivity contribution >= 4 is 27.3 Å². The highest BCUT2D eigenvalue weighted by Crippen LogP contribution is 2.23. The predicted octanol–water partition coefficient (Wildman–Crippen LogP) is 3.42. The lowest BCUT2D eigenvalue weighted by molar-refractivity contribution is -0.118. The number of carbonyl (C=O) groups is 1. The molecule has 0 fully saturated rings. The van der Waals surface area contributed by atoms with Gasteiger partial charge in [0, 0.05) is 12.2 Å². The summed E-state index contributed by atoms with van der Waals surface area (Å²) in [7, 11) is -3.32. The summed E-state index contributed by atoms with van der Waals surface area (Å²) < 4.78 is 30.3. The molecule has 146 valence electrons. The topological polar surface area (TPSA) is 75.7 Å². The first-order valence-corrected chi connectivity index (χ1v) is 10.5. The van der Waals surface area contributed by atoms with Gasteiger partial charge in [-0.1, -0.05) is 17.7 Å². The highest BCUT2D eigenvalue weighted by atomic mass is 32.2. The second-order valence-electron chi connectivity index (χ2n) is 6.53. The SMILES string of the molecule is CCN(c1ccc(OCC(=O)Nc2c(C)cc(C)cc2C)cc1)S(C)(=O)=O. The van der Waals surface area contributed by atoms with E-state index in [4.69, 9.17) is 4.74 Å². The fourth-order valence-corrected chi connectivity index (χ4v) is 3.99. The highest BCUT2D eigenvalue weighted by molar-refractivity contribution is 7.92. The molecule has 2 aromatic rings. The van der Waals surface area contributed by atoms with Gasteiger partial charge in [0.1, 0.15) is 5.75 Å². The summed E-state index contributed by atoms with van der Waals surface area (Å²) in [6.45, 7) is 7.91. The van der Waals surface area contributed by atoms with E-state index < -0.39 is 10.0 Å². The van der Waals surface area contributed by atoms with Crippen molar-refractivity contribution in [2.45, 2.75) is 27.7 Å². The summed E-state index contributed by atoms with van der Waals surface area (Å²) in [4.78, 5) is 12.2. The Kier molecular flexibility index (Phi) is 6.49. The van der Waals surface area contributed by atoms with E-state index in [0.717, 1.165) is 22.4 Å². The molecule has 0 heterocycles. The molecule has 2 aromatic carbocycles. The van der Waals surface area contributed by atoms with Gasteiger partial charge in [0.05, 0.1) is 11.9 Å². The van der Waals surface area contributed by atoms with Crippen LogP contribution >= 0.6 is 0 Å². The van der Waals surface area contributed by atoms with E-state index in [2.05, 4.69) is 5.32 Å². The molecule has 0 atom stereocenters. The molecular weight excluding hydrogens is 364 g/mol. The minimum atomic E-state index is -3.32. The molecule has 6 nitrogen and oxygen atoms in total. The van der Waals surface area contributed by atoms with Gasteiger partial charge in [-0.15, -0.1) is 0 Å². The molecule has 0 saturated heterocycles. The van der Waals surface area contributed by atoms with Crippen molar-refractivity contribution in [1.82, 2.24) is 0 Å². The Morgan fingerprint density at radius 1 is 1.07 bits per heavy atom. The van der Waals surface area contributed by atoms with Crippen LogP contribution in [-0.2, 0) is 14.8 Å². The van der Waals surface area contributed by atoms with Crippen molar-refractivity contribution in [1.29, 1.82) is 0 Å². The summed E-state index contributed by atoms with van der Waals surface area (Å²) in [5.41, 5.74) is 4.52. The van der Waals surface area contributed by atoms with Crippen molar-refractivity contribution < 1.29 is 17.9 Å². The standard InChI is InChI=1S/C20H26N2O4S/c1-6-22(27(5,24)25)17-7-9-18(10-8-17)26-13-19(23)21-20-15(3)11-14(2)12-16(20)4/h7-12H,6,13H2,1-5H3,(H,21,23). The number of nitrogens with zero attached hydrogens (tertiary/aromatic N) is 1. The van der Waals surface area contributed by atoms with E-state index in [1.807, 2.05) is 32.9 Å². The fraction of sp³-hybridized carbons (Fsp3) is 0.350. The Balaban J connectivity index is 2.00. The zero-order chi connectivity index (χ0) is 20.2. The van der Waals surface area contributed by atoms with Gasteiger partial charge in [-0.2, -0.15) is 0 Å². The van der Waals surface area contributed by atoms with Crippen LogP contribution in [0, 0.1) is 20.8 Å². The van der Waals surface area contributed by atoms with Gasteiger partial charge in [0.25, 0.3) is 5.91 Å². The quantitative estimate of drug-likeness (QED) is 0.786. The maximum absolute atomic E-state index is 12.2. The largest absolute Gasteiger partial charge is 0.484 e. The third-order valence-corrected chi connectivity index (χ3v) is 5.39. The maximum Gasteiger partial charge on any atom is 0.262 e. The average molecular weight is 391 g/mol. The first-order chi connectivity index (χ1) is 12.6. The molecule has 0 bridgehead atoms. The normalized spacial score (nSPS) is 11.1. The number of carbonyl (C=O) groups excluding carboxylic acids is 1. The predicted molar refractivity (Wildman–Crippen MR) is 109 cm³/mol. The first kappa shape index (κ1) is 20.8. The van der Waals surface area contributed by atoms with Crippen LogP contribution in [-0.4, -0.2) is 33.7 Å². The zero-order valence-corrected chi connectivity index (χ0v) is 17.2. The highest BCUT2D eigenvalue weighted by Gasteiger charge is 2.15. The number of anilines is 2. The number of hydrogen-bond donors (Lipinski definition) is 1. The van der Waals surface area contributed by atoms with Crippen LogP contribution < -0.4 is 14.4 Å². The van der Waals surface area contributed by atoms with Crippen molar-refractivity contribution in [2.75, 3.05) is 29.0 Å². The smallest absolute Gasteiger partial charge is 0.262 e. The molecule has 0 saturated carbocycles. The number of aryl methyl sites for hydroxylation is 3. The number of amides is 1. The van der Waals surface area contributed by atoms with E-state index in [1.54, 1.807) is 31.2 Å². The molecule has 0 aromatic heterocycles. The second-order valence-corrected chi connectivity index (χ2v) is 8.44. The van der Waals surface area contributed by atoms with Crippen molar-refractivity contribution in [3.63, 3.8) is 0 Å². The van der Waals surface area contributed by atoms with E-state index in [1.165, 1.54) is 10.6 Å². The van der Waals surface area contributed by atoms with Gasteiger partial charge < -0.3 is 10.1 Å². The van der Waals surface area contributed by atoms with Gasteiger partial charge in [0.2, 0.25) is 10.0 Å². The molecule has 27 heavy (non-hydrogen) atoms. The third kappa shape index (κ3) is 5.47. The molecule has 0 spiro atoms. The lowest BCUT2D eigenvalue weighted by atomic mass is 10.1. The fourth-order valence-electron chi connectivity index (χ4n) is 3.02. The van der Waals surface area contributed by atoms with Crippen LogP contribution in [0.4, 0.5) is 11.4 Å². The van der Waals surface area contributed by atoms with Crippen LogP contribution in [0.15, 0.2) is 36.4 Å². The molecule has 0 aliphatic heterocycles. The summed E-state index contributed by atoms with van der Waals surface area (Å²) in [6.07, 6.45) is 1.17. The van der Waals surface area contributed by atoms with Crippen LogP contribution in [0.3, 0.4) is 0 Å². The zero-order valence-electron chi connectivity index (χ0n) is 16.4. The maximum atomic E-state index is 12.2. The van der Waals surface area contributed by atoms with Crippen LogP contribution in [0.2, 0.25) is 0 Å². The van der Waals surface area contributed by atoms with Crippen LogP contribution in [0.25, 0.3) is 0 Å². The number of rotatable bonds is 7. The Bertz CT molecular complexity index is 898. The molecule has 0 aliphatic rings. The Labute approximate surface area is 161 Å². The van der Waals surface area contributed by atoms with Gasteiger partial charge in [0.15, 0.2) is 6.61 Å². The van der Waals surface area contributed by atoms with Crippen molar-refractivity contribution in [2.24, 2.45) is 0 Å². The molecule has 0 radical (unpaired) electrons. The van der Waals surface area contributed by atoms with Crippen molar-refractivity contribution in [3.8, 4) is 5.75 Å². The minimum absolute atomic E-state index is 0.129. The number of hydrogen-bond acceptors (Lipinski definition) is 4. The van der Waals surface area contributed by atoms with E-state index in [0.29, 0.717) is 18.0 Å². The Morgan fingerprint density at radius 3 is 2.11 bits per heavy atom. The van der Waals surface area contributed by atoms with Gasteiger partial charge in [-0.25, -0.2) is 8.42 Å². The molecule has 2 rings (SSSR count). The van der Waals surface area contributed by atoms with Gasteiger partial charge in [-0.05, 0) is 63.1 Å². The monoisotopic (exact) mass is 390 g/mol. The molecular formula is C20H26N2O4S. The second kappa shape index (κ2) is 8.43. The number of benzene rings is 2. The molecule has 0 unspecified atom stereocenters. The molecule has 1 amide bonds. The Hall–Kier alpha value is -2.54. The summed E-state index contributed by atoms with van der Waals surface area (Å²) in [5, 5.41) is 2.88. The summed E-state index contributed by atoms with van der Waals surface area (Å²) >= 11 is 0. The molecule has 0 aliphatic carbocycles. The van der Waals surface area contributed by atoms with E-state index >= 15 is 0 Å². The summed E-state index contributed by atoms with van der Waals surface area (Å²) in [6, 6.07) is 10.7. The van der Waals surface area contributed by atoms with Gasteiger partial charge >= 0.3 is 0 Å². The third-order valence-electron chi connectivity index (χ3n) is 4.12. The lowest BCUT2D eigenvalue weighted by Crippen LogP contribution is -2.29. The molecule has 1 N–H and O–H groups in total. The van der Waals surface area contributed by atoms with Crippen LogP contribution in [0.5, 0.6) is 5.75 Å². The van der Waals surface area contributed by atoms with Crippen molar-refractivity contribution in [3.05, 3.63) is 53.1 Å². The summed E-state index contributed by atoms with van der Waals surface area (Å²) in [5.74, 6) is 0.247. The number of ether oxygens (including phenoxy) is 1. The van der Waals surface area contributed by atoms with E-state index in [-0.39, 0.29) is 12.5 Å². The Morgan fingerprint density at radius 2 is 1.63 bits per heavy atom. The van der Waals surface area contributed by atoms with E-state index in [9.17, 15) is 13.2 Å². The average Bonchev–Trinajstić information content (AvgIpc) is 2.56. The first-order valence-electron chi connectivity index (χ1n) is 8.70. The number of nitrogens with one attached hydrogen (secondary N) is 1. The van der Waals surface area contributed by atoms with Crippen LogP contribution in [0.1, 0.15) is 23.6 Å².